The number of thioether (sulfide) groups is 1. The number of rotatable bonds is 5. The van der Waals surface area contributed by atoms with Crippen molar-refractivity contribution >= 4 is 75.4 Å². The molecule has 1 saturated heterocycles. The van der Waals surface area contributed by atoms with Crippen LogP contribution >= 0.6 is 46.6 Å². The summed E-state index contributed by atoms with van der Waals surface area (Å²) in [6, 6.07) is 9.69. The molecule has 2 aromatic rings. The van der Waals surface area contributed by atoms with Gasteiger partial charge in [0.2, 0.25) is 0 Å². The van der Waals surface area contributed by atoms with Crippen molar-refractivity contribution in [1.29, 1.82) is 0 Å². The van der Waals surface area contributed by atoms with E-state index < -0.39 is 12.6 Å². The fourth-order valence-corrected chi connectivity index (χ4v) is 3.54. The molecule has 1 aliphatic heterocycles. The van der Waals surface area contributed by atoms with Crippen molar-refractivity contribution in [2.45, 2.75) is 0 Å². The molecule has 0 bridgehead atoms. The fourth-order valence-electron chi connectivity index (χ4n) is 2.17. The van der Waals surface area contributed by atoms with Gasteiger partial charge in [-0.05, 0) is 53.7 Å². The molecule has 0 saturated carbocycles. The number of halogens is 3. The predicted molar refractivity (Wildman–Crippen MR) is 112 cm³/mol. The maximum atomic E-state index is 12.2. The first-order valence-electron chi connectivity index (χ1n) is 7.70. The lowest BCUT2D eigenvalue weighted by molar-refractivity contribution is -0.139. The summed E-state index contributed by atoms with van der Waals surface area (Å²) in [6.45, 7) is -0.493. The molecule has 3 rings (SSSR count). The number of nitrogens with one attached hydrogen (secondary N) is 1. The largest absolute Gasteiger partial charge is 0.480 e. The molecule has 1 heterocycles. The number of amidine groups is 1. The van der Waals surface area contributed by atoms with Gasteiger partial charge in [0.15, 0.2) is 11.8 Å². The van der Waals surface area contributed by atoms with E-state index >= 15 is 0 Å². The Morgan fingerprint density at radius 3 is 2.61 bits per heavy atom. The van der Waals surface area contributed by atoms with Crippen LogP contribution in [0.4, 0.5) is 5.69 Å². The second-order valence-corrected chi connectivity index (χ2v) is 7.70. The molecule has 144 valence electrons. The molecule has 1 fully saturated rings. The van der Waals surface area contributed by atoms with E-state index in [1.54, 1.807) is 42.5 Å². The zero-order valence-electron chi connectivity index (χ0n) is 13.9. The molecule has 1 amide bonds. The van der Waals surface area contributed by atoms with E-state index in [2.05, 4.69) is 10.3 Å². The zero-order valence-corrected chi connectivity index (χ0v) is 17.0. The first-order chi connectivity index (χ1) is 13.3. The van der Waals surface area contributed by atoms with Gasteiger partial charge in [-0.2, -0.15) is 0 Å². The minimum Gasteiger partial charge on any atom is -0.480 e. The highest BCUT2D eigenvalue weighted by molar-refractivity contribution is 8.18. The Kier molecular flexibility index (Phi) is 6.51. The highest BCUT2D eigenvalue weighted by atomic mass is 35.5. The molecule has 0 spiro atoms. The van der Waals surface area contributed by atoms with E-state index in [1.807, 2.05) is 0 Å². The molecule has 2 N–H and O–H groups in total. The first-order valence-corrected chi connectivity index (χ1v) is 9.65. The summed E-state index contributed by atoms with van der Waals surface area (Å²) >= 11 is 19.1. The molecule has 6 nitrogen and oxygen atoms in total. The lowest BCUT2D eigenvalue weighted by Crippen LogP contribution is -2.19. The summed E-state index contributed by atoms with van der Waals surface area (Å²) in [5.74, 6) is -1.15. The molecule has 10 heteroatoms. The smallest absolute Gasteiger partial charge is 0.341 e. The summed E-state index contributed by atoms with van der Waals surface area (Å²) in [5.41, 5.74) is 1.21. The molecule has 2 aromatic carbocycles. The van der Waals surface area contributed by atoms with Gasteiger partial charge in [0.25, 0.3) is 5.91 Å². The van der Waals surface area contributed by atoms with Crippen LogP contribution in [0.25, 0.3) is 6.08 Å². The minimum atomic E-state index is -1.10. The number of carboxylic acids is 1. The highest BCUT2D eigenvalue weighted by Crippen LogP contribution is 2.32. The van der Waals surface area contributed by atoms with Crippen LogP contribution in [0, 0.1) is 0 Å². The van der Waals surface area contributed by atoms with Gasteiger partial charge in [0.05, 0.1) is 25.7 Å². The standard InChI is InChI=1S/C18H11Cl3N2O4S/c19-11-3-2-10(7-12(11)20)22-18-23-17(26)15(28-18)6-9-1-4-14(13(21)5-9)27-8-16(24)25/h1-7H,8H2,(H,24,25)(H,22,23,26)/b15-6-. The average molecular weight is 458 g/mol. The van der Waals surface area contributed by atoms with Gasteiger partial charge in [0.1, 0.15) is 5.75 Å². The van der Waals surface area contributed by atoms with Crippen LogP contribution in [0.2, 0.25) is 15.1 Å². The van der Waals surface area contributed by atoms with Crippen molar-refractivity contribution in [1.82, 2.24) is 5.32 Å². The van der Waals surface area contributed by atoms with E-state index in [-0.39, 0.29) is 16.7 Å². The van der Waals surface area contributed by atoms with Gasteiger partial charge >= 0.3 is 5.97 Å². The number of amides is 1. The second-order valence-electron chi connectivity index (χ2n) is 5.45. The van der Waals surface area contributed by atoms with Gasteiger partial charge in [-0.3, -0.25) is 4.79 Å². The molecule has 0 aromatic heterocycles. The number of carboxylic acid groups (broad SMARTS) is 1. The van der Waals surface area contributed by atoms with E-state index in [4.69, 9.17) is 44.6 Å². The Hall–Kier alpha value is -2.19. The maximum Gasteiger partial charge on any atom is 0.341 e. The van der Waals surface area contributed by atoms with E-state index in [1.165, 1.54) is 11.8 Å². The molecule has 1 aliphatic rings. The Balaban J connectivity index is 1.76. The quantitative estimate of drug-likeness (QED) is 0.617. The number of carbonyl (C=O) groups is 2. The van der Waals surface area contributed by atoms with Crippen molar-refractivity contribution < 1.29 is 19.4 Å². The summed E-state index contributed by atoms with van der Waals surface area (Å²) in [6.07, 6.45) is 1.64. The maximum absolute atomic E-state index is 12.2. The predicted octanol–water partition coefficient (Wildman–Crippen LogP) is 5.00. The first kappa shape index (κ1) is 20.5. The topological polar surface area (TPSA) is 88.0 Å². The van der Waals surface area contributed by atoms with E-state index in [9.17, 15) is 9.59 Å². The van der Waals surface area contributed by atoms with Crippen LogP contribution in [0.5, 0.6) is 5.75 Å². The third-order valence-corrected chi connectivity index (χ3v) is 5.33. The van der Waals surface area contributed by atoms with Gasteiger partial charge in [0, 0.05) is 0 Å². The second kappa shape index (κ2) is 8.87. The molecular formula is C18H11Cl3N2O4S. The Morgan fingerprint density at radius 1 is 1.14 bits per heavy atom. The lowest BCUT2D eigenvalue weighted by Gasteiger charge is -2.06. The van der Waals surface area contributed by atoms with Crippen molar-refractivity contribution in [2.75, 3.05) is 6.61 Å². The normalized spacial score (nSPS) is 16.5. The molecule has 0 radical (unpaired) electrons. The minimum absolute atomic E-state index is 0.240. The average Bonchev–Trinajstić information content (AvgIpc) is 2.96. The Morgan fingerprint density at radius 2 is 1.93 bits per heavy atom. The summed E-state index contributed by atoms with van der Waals surface area (Å²) in [7, 11) is 0. The fraction of sp³-hybridized carbons (Fsp3) is 0.0556. The third kappa shape index (κ3) is 5.20. The molecule has 0 unspecified atom stereocenters. The van der Waals surface area contributed by atoms with Crippen molar-refractivity contribution in [3.63, 3.8) is 0 Å². The monoisotopic (exact) mass is 456 g/mol. The van der Waals surface area contributed by atoms with Gasteiger partial charge in [-0.15, -0.1) is 0 Å². The summed E-state index contributed by atoms with van der Waals surface area (Å²) < 4.78 is 5.07. The SMILES string of the molecule is O=C(O)COc1ccc(/C=C2\SC(=Nc3ccc(Cl)c(Cl)c3)NC2=O)cc1Cl. The van der Waals surface area contributed by atoms with E-state index in [0.29, 0.717) is 31.4 Å². The van der Waals surface area contributed by atoms with Crippen LogP contribution < -0.4 is 10.1 Å². The number of hydrogen-bond acceptors (Lipinski definition) is 5. The highest BCUT2D eigenvalue weighted by Gasteiger charge is 2.24. The van der Waals surface area contributed by atoms with Crippen LogP contribution in [0.3, 0.4) is 0 Å². The number of carbonyl (C=O) groups excluding carboxylic acids is 1. The number of aliphatic carboxylic acids is 1. The van der Waals surface area contributed by atoms with Gasteiger partial charge in [-0.25, -0.2) is 9.79 Å². The van der Waals surface area contributed by atoms with Crippen molar-refractivity contribution in [3.05, 3.63) is 61.9 Å². The van der Waals surface area contributed by atoms with Crippen molar-refractivity contribution in [2.24, 2.45) is 4.99 Å². The van der Waals surface area contributed by atoms with Gasteiger partial charge in [-0.1, -0.05) is 40.9 Å². The van der Waals surface area contributed by atoms with Crippen molar-refractivity contribution in [3.8, 4) is 5.75 Å². The lowest BCUT2D eigenvalue weighted by atomic mass is 10.2. The van der Waals surface area contributed by atoms with Crippen LogP contribution in [-0.2, 0) is 9.59 Å². The number of nitrogens with zero attached hydrogens (tertiary/aromatic N) is 1. The zero-order chi connectivity index (χ0) is 20.3. The third-order valence-electron chi connectivity index (χ3n) is 3.39. The van der Waals surface area contributed by atoms with Gasteiger partial charge < -0.3 is 15.2 Å². The number of aliphatic imine (C=N–C) groups is 1. The number of ether oxygens (including phenoxy) is 1. The van der Waals surface area contributed by atoms with E-state index in [0.717, 1.165) is 0 Å². The molecule has 28 heavy (non-hydrogen) atoms. The summed E-state index contributed by atoms with van der Waals surface area (Å²) in [5, 5.41) is 12.8. The molecule has 0 atom stereocenters. The van der Waals surface area contributed by atoms with Crippen LogP contribution in [-0.4, -0.2) is 28.8 Å². The Bertz CT molecular complexity index is 1020. The molecule has 0 aliphatic carbocycles. The summed E-state index contributed by atoms with van der Waals surface area (Å²) in [4.78, 5) is 27.5. The Labute approximate surface area is 179 Å². The number of benzene rings is 2. The molecular weight excluding hydrogens is 447 g/mol. The van der Waals surface area contributed by atoms with Crippen LogP contribution in [0.15, 0.2) is 46.3 Å². The number of hydrogen-bond donors (Lipinski definition) is 2. The van der Waals surface area contributed by atoms with Crippen LogP contribution in [0.1, 0.15) is 5.56 Å².